The van der Waals surface area contributed by atoms with E-state index in [2.05, 4.69) is 6.07 Å². The zero-order valence-corrected chi connectivity index (χ0v) is 9.71. The molecule has 0 heterocycles. The smallest absolute Gasteiger partial charge is 0.0912 e. The normalized spacial score (nSPS) is 12.1. The third-order valence-electron chi connectivity index (χ3n) is 2.62. The summed E-state index contributed by atoms with van der Waals surface area (Å²) in [6.45, 7) is -0.367. The Morgan fingerprint density at radius 2 is 1.75 bits per heavy atom. The van der Waals surface area contributed by atoms with Gasteiger partial charge in [0.05, 0.1) is 6.67 Å². The maximum absolute atomic E-state index is 12.2. The van der Waals surface area contributed by atoms with Crippen LogP contribution in [0.4, 0.5) is 4.39 Å². The third kappa shape index (κ3) is 2.71. The van der Waals surface area contributed by atoms with Crippen molar-refractivity contribution in [1.82, 2.24) is 0 Å². The van der Waals surface area contributed by atoms with Crippen molar-refractivity contribution in [3.05, 3.63) is 48.0 Å². The molecule has 3 heteroatoms. The van der Waals surface area contributed by atoms with Gasteiger partial charge in [-0.25, -0.2) is 0 Å². The monoisotopic (exact) mass is 239 g/mol. The number of alkyl halides is 1. The molecule has 0 spiro atoms. The van der Waals surface area contributed by atoms with E-state index in [1.54, 1.807) is 0 Å². The summed E-state index contributed by atoms with van der Waals surface area (Å²) in [4.78, 5) is 0. The highest BCUT2D eigenvalue weighted by Gasteiger charge is 2.05. The van der Waals surface area contributed by atoms with Crippen molar-refractivity contribution in [1.29, 1.82) is 0 Å². The van der Waals surface area contributed by atoms with E-state index in [1.165, 1.54) is 5.39 Å². The van der Waals surface area contributed by atoms with Crippen LogP contribution in [0.1, 0.15) is 18.0 Å². The van der Waals surface area contributed by atoms with Crippen molar-refractivity contribution in [2.75, 3.05) is 6.67 Å². The molecule has 0 aliphatic heterocycles. The minimum Gasteiger partial charge on any atom is -0.324 e. The first-order valence-electron chi connectivity index (χ1n) is 5.11. The van der Waals surface area contributed by atoms with E-state index in [9.17, 15) is 4.39 Å². The van der Waals surface area contributed by atoms with Crippen LogP contribution in [0.25, 0.3) is 10.8 Å². The van der Waals surface area contributed by atoms with Crippen LogP contribution < -0.4 is 5.73 Å². The first-order valence-corrected chi connectivity index (χ1v) is 5.11. The summed E-state index contributed by atoms with van der Waals surface area (Å²) in [6, 6.07) is 13.9. The Morgan fingerprint density at radius 3 is 2.44 bits per heavy atom. The van der Waals surface area contributed by atoms with Crippen LogP contribution >= 0.6 is 12.4 Å². The molecule has 0 bridgehead atoms. The minimum absolute atomic E-state index is 0. The van der Waals surface area contributed by atoms with Gasteiger partial charge in [-0.05, 0) is 28.8 Å². The van der Waals surface area contributed by atoms with Crippen LogP contribution in [0.15, 0.2) is 42.5 Å². The average molecular weight is 240 g/mol. The Bertz CT molecular complexity index is 458. The molecule has 2 N–H and O–H groups in total. The molecule has 2 rings (SSSR count). The van der Waals surface area contributed by atoms with Gasteiger partial charge in [-0.1, -0.05) is 36.4 Å². The number of rotatable bonds is 3. The standard InChI is InChI=1S/C13H14FN.ClH/c14-8-7-13(15)12-6-5-10-3-1-2-4-11(10)9-12;/h1-6,9,13H,7-8,15H2;1H/t13-;/m0./s1. The van der Waals surface area contributed by atoms with Crippen molar-refractivity contribution < 1.29 is 4.39 Å². The largest absolute Gasteiger partial charge is 0.324 e. The van der Waals surface area contributed by atoms with E-state index in [4.69, 9.17) is 5.73 Å². The van der Waals surface area contributed by atoms with E-state index >= 15 is 0 Å². The number of hydrogen-bond donors (Lipinski definition) is 1. The molecule has 0 aliphatic rings. The van der Waals surface area contributed by atoms with Crippen LogP contribution in [-0.4, -0.2) is 6.67 Å². The predicted octanol–water partition coefficient (Wildman–Crippen LogP) is 3.62. The molecule has 1 atom stereocenters. The van der Waals surface area contributed by atoms with E-state index in [0.29, 0.717) is 6.42 Å². The van der Waals surface area contributed by atoms with Crippen LogP contribution in [0, 0.1) is 0 Å². The number of fused-ring (bicyclic) bond motifs is 1. The molecule has 0 aromatic heterocycles. The molecule has 2 aromatic carbocycles. The molecule has 1 nitrogen and oxygen atoms in total. The average Bonchev–Trinajstić information content (AvgIpc) is 2.29. The first kappa shape index (κ1) is 12.9. The molecule has 0 amide bonds. The van der Waals surface area contributed by atoms with Crippen LogP contribution in [0.5, 0.6) is 0 Å². The molecule has 16 heavy (non-hydrogen) atoms. The third-order valence-corrected chi connectivity index (χ3v) is 2.62. The van der Waals surface area contributed by atoms with Gasteiger partial charge < -0.3 is 5.73 Å². The lowest BCUT2D eigenvalue weighted by molar-refractivity contribution is 0.442. The van der Waals surface area contributed by atoms with Crippen LogP contribution in [-0.2, 0) is 0 Å². The van der Waals surface area contributed by atoms with E-state index in [1.807, 2.05) is 36.4 Å². The summed E-state index contributed by atoms with van der Waals surface area (Å²) in [5.74, 6) is 0. The zero-order chi connectivity index (χ0) is 10.7. The Balaban J connectivity index is 0.00000128. The highest BCUT2D eigenvalue weighted by Crippen LogP contribution is 2.20. The fourth-order valence-corrected chi connectivity index (χ4v) is 1.72. The lowest BCUT2D eigenvalue weighted by Gasteiger charge is -2.10. The van der Waals surface area contributed by atoms with E-state index < -0.39 is 0 Å². The summed E-state index contributed by atoms with van der Waals surface area (Å²) in [6.07, 6.45) is 0.387. The number of hydrogen-bond acceptors (Lipinski definition) is 1. The Hall–Kier alpha value is -1.12. The Kier molecular flexibility index (Phi) is 4.71. The number of nitrogens with two attached hydrogens (primary N) is 1. The zero-order valence-electron chi connectivity index (χ0n) is 8.90. The summed E-state index contributed by atoms with van der Waals surface area (Å²) in [7, 11) is 0. The van der Waals surface area contributed by atoms with Crippen molar-refractivity contribution in [3.8, 4) is 0 Å². The lowest BCUT2D eigenvalue weighted by Crippen LogP contribution is -2.10. The molecule has 86 valence electrons. The maximum atomic E-state index is 12.2. The molecule has 0 saturated carbocycles. The molecule has 0 saturated heterocycles. The predicted molar refractivity (Wildman–Crippen MR) is 68.7 cm³/mol. The van der Waals surface area contributed by atoms with Gasteiger partial charge in [0.2, 0.25) is 0 Å². The topological polar surface area (TPSA) is 26.0 Å². The van der Waals surface area contributed by atoms with Crippen molar-refractivity contribution >= 4 is 23.2 Å². The first-order chi connectivity index (χ1) is 7.31. The molecular weight excluding hydrogens is 225 g/mol. The number of halogens is 2. The molecule has 0 unspecified atom stereocenters. The van der Waals surface area contributed by atoms with Gasteiger partial charge >= 0.3 is 0 Å². The van der Waals surface area contributed by atoms with Gasteiger partial charge in [-0.3, -0.25) is 4.39 Å². The van der Waals surface area contributed by atoms with Crippen LogP contribution in [0.2, 0.25) is 0 Å². The highest BCUT2D eigenvalue weighted by molar-refractivity contribution is 5.85. The molecule has 0 fully saturated rings. The maximum Gasteiger partial charge on any atom is 0.0912 e. The van der Waals surface area contributed by atoms with Crippen molar-refractivity contribution in [2.45, 2.75) is 12.5 Å². The summed E-state index contributed by atoms with van der Waals surface area (Å²) >= 11 is 0. The van der Waals surface area contributed by atoms with Gasteiger partial charge in [0, 0.05) is 6.04 Å². The minimum atomic E-state index is -0.367. The van der Waals surface area contributed by atoms with Gasteiger partial charge in [0.25, 0.3) is 0 Å². The summed E-state index contributed by atoms with van der Waals surface area (Å²) < 4.78 is 12.2. The van der Waals surface area contributed by atoms with Gasteiger partial charge in [0.1, 0.15) is 0 Å². The second kappa shape index (κ2) is 5.83. The second-order valence-corrected chi connectivity index (χ2v) is 3.69. The SMILES string of the molecule is Cl.N[C@@H](CCF)c1ccc2ccccc2c1. The van der Waals surface area contributed by atoms with Gasteiger partial charge in [-0.15, -0.1) is 12.4 Å². The quantitative estimate of drug-likeness (QED) is 0.870. The van der Waals surface area contributed by atoms with E-state index in [0.717, 1.165) is 10.9 Å². The highest BCUT2D eigenvalue weighted by atomic mass is 35.5. The molecule has 2 aromatic rings. The van der Waals surface area contributed by atoms with Crippen molar-refractivity contribution in [2.24, 2.45) is 5.73 Å². The summed E-state index contributed by atoms with van der Waals surface area (Å²) in [5, 5.41) is 2.35. The molecular formula is C13H15ClFN. The van der Waals surface area contributed by atoms with E-state index in [-0.39, 0.29) is 25.1 Å². The Labute approximate surface area is 101 Å². The second-order valence-electron chi connectivity index (χ2n) is 3.69. The fourth-order valence-electron chi connectivity index (χ4n) is 1.72. The Morgan fingerprint density at radius 1 is 1.06 bits per heavy atom. The fraction of sp³-hybridized carbons (Fsp3) is 0.231. The van der Waals surface area contributed by atoms with Gasteiger partial charge in [0.15, 0.2) is 0 Å². The number of benzene rings is 2. The van der Waals surface area contributed by atoms with Gasteiger partial charge in [-0.2, -0.15) is 0 Å². The lowest BCUT2D eigenvalue weighted by atomic mass is 10.0. The summed E-state index contributed by atoms with van der Waals surface area (Å²) in [5.41, 5.74) is 6.86. The molecule has 0 aliphatic carbocycles. The van der Waals surface area contributed by atoms with Crippen LogP contribution in [0.3, 0.4) is 0 Å². The van der Waals surface area contributed by atoms with Crippen molar-refractivity contribution in [3.63, 3.8) is 0 Å². The molecule has 0 radical (unpaired) electrons.